The number of ether oxygens (including phenoxy) is 5. The van der Waals surface area contributed by atoms with Crippen molar-refractivity contribution in [2.75, 3.05) is 13.1 Å². The second-order valence-corrected chi connectivity index (χ2v) is 19.4. The van der Waals surface area contributed by atoms with Crippen LogP contribution in [0, 0.1) is 46.8 Å². The number of hydrogen-bond acceptors (Lipinski definition) is 16. The zero-order valence-corrected chi connectivity index (χ0v) is 34.5. The number of hydrogen-bond donors (Lipinski definition) is 6. The number of nitrogens with zero attached hydrogens (tertiary/aromatic N) is 1. The topological polar surface area (TPSA) is 239 Å². The number of piperidine rings is 2. The number of esters is 4. The largest absolute Gasteiger partial charge is 0.458 e. The molecule has 20 atom stereocenters. The quantitative estimate of drug-likeness (QED) is 0.145. The first-order valence-electron chi connectivity index (χ1n) is 20.8. The third-order valence-corrected chi connectivity index (χ3v) is 16.1. The van der Waals surface area contributed by atoms with Gasteiger partial charge in [0.05, 0.1) is 41.2 Å². The van der Waals surface area contributed by atoms with E-state index in [-0.39, 0.29) is 25.3 Å². The van der Waals surface area contributed by atoms with Crippen molar-refractivity contribution in [3.63, 3.8) is 0 Å². The summed E-state index contributed by atoms with van der Waals surface area (Å²) in [5.41, 5.74) is -9.03. The zero-order valence-electron chi connectivity index (χ0n) is 34.5. The fourth-order valence-corrected chi connectivity index (χ4v) is 13.1. The number of fused-ring (bicyclic) bond motifs is 5. The molecule has 7 rings (SSSR count). The molecule has 3 saturated heterocycles. The van der Waals surface area contributed by atoms with Gasteiger partial charge in [0.1, 0.15) is 17.8 Å². The van der Waals surface area contributed by atoms with Crippen LogP contribution in [0.4, 0.5) is 0 Å². The van der Waals surface area contributed by atoms with Gasteiger partial charge in [0.15, 0.2) is 17.8 Å². The van der Waals surface area contributed by atoms with Crippen molar-refractivity contribution in [3.05, 3.63) is 0 Å². The Labute approximate surface area is 333 Å². The summed E-state index contributed by atoms with van der Waals surface area (Å²) in [6, 6.07) is -0.329. The van der Waals surface area contributed by atoms with Crippen LogP contribution in [0.5, 0.6) is 0 Å². The van der Waals surface area contributed by atoms with Gasteiger partial charge in [-0.1, -0.05) is 27.7 Å². The summed E-state index contributed by atoms with van der Waals surface area (Å²) in [5.74, 6) is -11.5. The van der Waals surface area contributed by atoms with Crippen molar-refractivity contribution < 1.29 is 73.5 Å². The van der Waals surface area contributed by atoms with Crippen LogP contribution in [-0.2, 0) is 42.9 Å². The Morgan fingerprint density at radius 3 is 2.12 bits per heavy atom. The third-order valence-electron chi connectivity index (χ3n) is 16.1. The standard InChI is InChI=1S/C41H63NO15/c1-10-19(3)34(47)56-33-28(46)27-23(17-42-16-18(2)11-12-25(42)38(27,9)50)24-15-39-32(40(24,33)51)30(54-22(6)45)29(53-21(5)44)31-36(39,7)14-13-26(41(31,52)57-39)55-35(48)37(8,49)20(4)43/h18-20,23-33,43,46,49-52H,10-17H2,1-9H3/t18-,19+,20+,23-,24+,25-,26-,27+,28-,29-,30+,31-,32-,33-,36+,37-,38+,39+,40-,41+/m1/s1. The van der Waals surface area contributed by atoms with E-state index in [0.29, 0.717) is 31.8 Å². The molecule has 16 heteroatoms. The van der Waals surface area contributed by atoms with E-state index in [1.165, 1.54) is 6.92 Å². The summed E-state index contributed by atoms with van der Waals surface area (Å²) in [4.78, 5) is 55.6. The van der Waals surface area contributed by atoms with Gasteiger partial charge in [-0.05, 0) is 77.0 Å². The Balaban J connectivity index is 1.45. The van der Waals surface area contributed by atoms with E-state index in [9.17, 15) is 49.8 Å². The maximum atomic E-state index is 13.9. The summed E-state index contributed by atoms with van der Waals surface area (Å²) in [7, 11) is 0. The third kappa shape index (κ3) is 5.81. The van der Waals surface area contributed by atoms with Crippen LogP contribution in [-0.4, -0.2) is 143 Å². The van der Waals surface area contributed by atoms with Crippen molar-refractivity contribution in [1.82, 2.24) is 4.90 Å². The van der Waals surface area contributed by atoms with Crippen LogP contribution in [0.25, 0.3) is 0 Å². The fourth-order valence-electron chi connectivity index (χ4n) is 13.1. The van der Waals surface area contributed by atoms with Crippen molar-refractivity contribution >= 4 is 23.9 Å². The van der Waals surface area contributed by atoms with Gasteiger partial charge < -0.3 is 54.3 Å². The first kappa shape index (κ1) is 42.7. The number of aliphatic hydroxyl groups is 6. The second-order valence-electron chi connectivity index (χ2n) is 19.4. The van der Waals surface area contributed by atoms with Crippen LogP contribution in [0.3, 0.4) is 0 Å². The van der Waals surface area contributed by atoms with Crippen LogP contribution in [0.1, 0.15) is 101 Å². The molecule has 0 aromatic heterocycles. The summed E-state index contributed by atoms with van der Waals surface area (Å²) in [6.07, 6.45) is -7.41. The lowest BCUT2D eigenvalue weighted by Gasteiger charge is -2.64. The van der Waals surface area contributed by atoms with Crippen LogP contribution < -0.4 is 0 Å². The molecule has 0 unspecified atom stereocenters. The molecule has 7 fully saturated rings. The lowest BCUT2D eigenvalue weighted by Crippen LogP contribution is -2.78. The first-order valence-corrected chi connectivity index (χ1v) is 20.8. The highest BCUT2D eigenvalue weighted by atomic mass is 16.7. The Morgan fingerprint density at radius 1 is 0.930 bits per heavy atom. The molecule has 6 N–H and O–H groups in total. The number of aliphatic hydroxyl groups excluding tert-OH is 2. The maximum Gasteiger partial charge on any atom is 0.341 e. The normalized spacial score (nSPS) is 50.4. The zero-order chi connectivity index (χ0) is 42.2. The molecule has 0 amide bonds. The predicted octanol–water partition coefficient (Wildman–Crippen LogP) is 0.578. The van der Waals surface area contributed by atoms with Gasteiger partial charge >= 0.3 is 23.9 Å². The van der Waals surface area contributed by atoms with Crippen LogP contribution in [0.2, 0.25) is 0 Å². The molecule has 4 saturated carbocycles. The van der Waals surface area contributed by atoms with Gasteiger partial charge in [-0.3, -0.25) is 19.3 Å². The van der Waals surface area contributed by atoms with Gasteiger partial charge in [0, 0.05) is 44.3 Å². The second kappa shape index (κ2) is 13.8. The number of carbonyl (C=O) groups excluding carboxylic acids is 4. The van der Waals surface area contributed by atoms with Crippen molar-refractivity contribution in [2.24, 2.45) is 46.8 Å². The monoisotopic (exact) mass is 809 g/mol. The molecule has 3 heterocycles. The van der Waals surface area contributed by atoms with E-state index in [1.54, 1.807) is 20.8 Å². The van der Waals surface area contributed by atoms with E-state index in [1.807, 2.05) is 6.92 Å². The van der Waals surface area contributed by atoms with Gasteiger partial charge in [0.25, 0.3) is 0 Å². The summed E-state index contributed by atoms with van der Waals surface area (Å²) >= 11 is 0. The SMILES string of the molecule is CC[C@H](C)C(=O)O[C@@H]1[C@H](O)[C@@H]2[C@H](CN3C[C@H](C)CC[C@@H]3[C@]2(C)O)[C@@H]2C[C@@]34O[C@@]5(O)[C@H](OC(=O)[C@](C)(O)[C@H](C)O)CC[C@@]3(C)[C@H]5[C@H](OC(C)=O)[C@H](OC(C)=O)[C@H]4[C@@]12O. The van der Waals surface area contributed by atoms with Gasteiger partial charge in [-0.25, -0.2) is 4.79 Å². The van der Waals surface area contributed by atoms with E-state index >= 15 is 0 Å². The molecule has 7 aliphatic rings. The van der Waals surface area contributed by atoms with Crippen molar-refractivity contribution in [3.8, 4) is 0 Å². The molecule has 322 valence electrons. The van der Waals surface area contributed by atoms with Crippen molar-refractivity contribution in [2.45, 2.75) is 172 Å². The number of carbonyl (C=O) groups is 4. The fraction of sp³-hybridized carbons (Fsp3) is 0.902. The lowest BCUT2D eigenvalue weighted by atomic mass is 9.48. The van der Waals surface area contributed by atoms with E-state index in [0.717, 1.165) is 27.2 Å². The summed E-state index contributed by atoms with van der Waals surface area (Å²) in [5, 5.41) is 73.2. The van der Waals surface area contributed by atoms with Crippen molar-refractivity contribution in [1.29, 1.82) is 0 Å². The maximum absolute atomic E-state index is 13.9. The highest BCUT2D eigenvalue weighted by Gasteiger charge is 2.90. The predicted molar refractivity (Wildman–Crippen MR) is 196 cm³/mol. The Kier molecular flexibility index (Phi) is 10.3. The average molecular weight is 810 g/mol. The van der Waals surface area contributed by atoms with Crippen LogP contribution >= 0.6 is 0 Å². The molecular weight excluding hydrogens is 746 g/mol. The van der Waals surface area contributed by atoms with Gasteiger partial charge in [0.2, 0.25) is 5.79 Å². The molecule has 4 bridgehead atoms. The first-order chi connectivity index (χ1) is 26.3. The number of rotatable bonds is 8. The molecular formula is C41H63NO15. The molecule has 0 aromatic carbocycles. The Bertz CT molecular complexity index is 1650. The molecule has 57 heavy (non-hydrogen) atoms. The molecule has 3 aliphatic heterocycles. The smallest absolute Gasteiger partial charge is 0.341 e. The van der Waals surface area contributed by atoms with Crippen LogP contribution in [0.15, 0.2) is 0 Å². The molecule has 0 radical (unpaired) electrons. The summed E-state index contributed by atoms with van der Waals surface area (Å²) in [6.45, 7) is 14.7. The molecule has 0 aromatic rings. The Hall–Kier alpha value is -2.44. The lowest BCUT2D eigenvalue weighted by molar-refractivity contribution is -0.301. The highest BCUT2D eigenvalue weighted by Crippen LogP contribution is 2.78. The van der Waals surface area contributed by atoms with E-state index in [4.69, 9.17) is 23.7 Å². The van der Waals surface area contributed by atoms with E-state index < -0.39 is 130 Å². The molecule has 1 spiro atoms. The van der Waals surface area contributed by atoms with Gasteiger partial charge in [-0.2, -0.15) is 0 Å². The molecule has 4 aliphatic carbocycles. The highest BCUT2D eigenvalue weighted by molar-refractivity contribution is 5.79. The minimum absolute atomic E-state index is 0.0170. The average Bonchev–Trinajstić information content (AvgIpc) is 3.40. The minimum Gasteiger partial charge on any atom is -0.458 e. The Morgan fingerprint density at radius 2 is 1.54 bits per heavy atom. The minimum atomic E-state index is -2.47. The summed E-state index contributed by atoms with van der Waals surface area (Å²) < 4.78 is 31.1. The molecule has 16 nitrogen and oxygen atoms in total. The van der Waals surface area contributed by atoms with Gasteiger partial charge in [-0.15, -0.1) is 0 Å². The van der Waals surface area contributed by atoms with E-state index in [2.05, 4.69) is 11.8 Å².